The first-order valence-corrected chi connectivity index (χ1v) is 4.40. The lowest BCUT2D eigenvalue weighted by Gasteiger charge is -2.38. The Balaban J connectivity index is 2.43. The quantitative estimate of drug-likeness (QED) is 0.694. The van der Waals surface area contributed by atoms with E-state index in [1.165, 1.54) is 18.2 Å². The van der Waals surface area contributed by atoms with Crippen molar-refractivity contribution in [3.8, 4) is 5.75 Å². The van der Waals surface area contributed by atoms with E-state index in [0.717, 1.165) is 19.3 Å². The van der Waals surface area contributed by atoms with Crippen molar-refractivity contribution >= 4 is 0 Å². The van der Waals surface area contributed by atoms with Crippen LogP contribution in [0, 0.1) is 5.82 Å². The van der Waals surface area contributed by atoms with Crippen molar-refractivity contribution in [2.45, 2.75) is 24.8 Å². The van der Waals surface area contributed by atoms with Crippen LogP contribution in [-0.2, 0) is 5.54 Å². The van der Waals surface area contributed by atoms with Gasteiger partial charge in [0, 0.05) is 11.1 Å². The highest BCUT2D eigenvalue weighted by molar-refractivity contribution is 5.34. The van der Waals surface area contributed by atoms with Crippen LogP contribution in [0.4, 0.5) is 4.39 Å². The maximum Gasteiger partial charge on any atom is 0.128 e. The van der Waals surface area contributed by atoms with Crippen molar-refractivity contribution in [1.82, 2.24) is 0 Å². The summed E-state index contributed by atoms with van der Waals surface area (Å²) < 4.78 is 13.3. The molecule has 1 fully saturated rings. The second kappa shape index (κ2) is 2.70. The highest BCUT2D eigenvalue weighted by Gasteiger charge is 2.36. The zero-order valence-corrected chi connectivity index (χ0v) is 7.26. The SMILES string of the molecule is NC1(c2cc(O)ccc2F)CCC1. The first-order valence-electron chi connectivity index (χ1n) is 4.40. The molecule has 3 N–H and O–H groups in total. The molecule has 0 aromatic heterocycles. The first kappa shape index (κ1) is 8.51. The van der Waals surface area contributed by atoms with Crippen LogP contribution in [0.15, 0.2) is 18.2 Å². The van der Waals surface area contributed by atoms with Gasteiger partial charge in [-0.25, -0.2) is 4.39 Å². The lowest BCUT2D eigenvalue weighted by molar-refractivity contribution is 0.244. The Morgan fingerprint density at radius 1 is 1.38 bits per heavy atom. The smallest absolute Gasteiger partial charge is 0.128 e. The molecule has 2 nitrogen and oxygen atoms in total. The largest absolute Gasteiger partial charge is 0.508 e. The van der Waals surface area contributed by atoms with E-state index in [0.29, 0.717) is 5.56 Å². The van der Waals surface area contributed by atoms with Crippen molar-refractivity contribution in [2.75, 3.05) is 0 Å². The van der Waals surface area contributed by atoms with Crippen molar-refractivity contribution < 1.29 is 9.50 Å². The number of halogens is 1. The number of benzene rings is 1. The molecule has 1 aliphatic carbocycles. The fraction of sp³-hybridized carbons (Fsp3) is 0.400. The van der Waals surface area contributed by atoms with Crippen LogP contribution >= 0.6 is 0 Å². The molecule has 13 heavy (non-hydrogen) atoms. The summed E-state index contributed by atoms with van der Waals surface area (Å²) in [6.07, 6.45) is 2.63. The fourth-order valence-electron chi connectivity index (χ4n) is 1.72. The predicted molar refractivity (Wildman–Crippen MR) is 47.8 cm³/mol. The lowest BCUT2D eigenvalue weighted by Crippen LogP contribution is -2.43. The Hall–Kier alpha value is -1.09. The number of aromatic hydroxyl groups is 1. The molecule has 1 aromatic rings. The maximum atomic E-state index is 13.3. The van der Waals surface area contributed by atoms with Gasteiger partial charge in [-0.15, -0.1) is 0 Å². The number of phenolic OH excluding ortho intramolecular Hbond substituents is 1. The molecular weight excluding hydrogens is 169 g/mol. The molecule has 1 aliphatic rings. The van der Waals surface area contributed by atoms with Crippen LogP contribution in [0.1, 0.15) is 24.8 Å². The van der Waals surface area contributed by atoms with Crippen LogP contribution in [0.5, 0.6) is 5.75 Å². The van der Waals surface area contributed by atoms with E-state index in [2.05, 4.69) is 0 Å². The molecule has 0 amide bonds. The Morgan fingerprint density at radius 2 is 2.08 bits per heavy atom. The molecule has 70 valence electrons. The van der Waals surface area contributed by atoms with Gasteiger partial charge < -0.3 is 10.8 Å². The summed E-state index contributed by atoms with van der Waals surface area (Å²) >= 11 is 0. The van der Waals surface area contributed by atoms with E-state index >= 15 is 0 Å². The third kappa shape index (κ3) is 1.29. The van der Waals surface area contributed by atoms with Gasteiger partial charge in [0.25, 0.3) is 0 Å². The minimum absolute atomic E-state index is 0.0770. The minimum atomic E-state index is -0.539. The van der Waals surface area contributed by atoms with Crippen molar-refractivity contribution in [2.24, 2.45) is 5.73 Å². The van der Waals surface area contributed by atoms with E-state index in [1.54, 1.807) is 0 Å². The lowest BCUT2D eigenvalue weighted by atomic mass is 9.72. The van der Waals surface area contributed by atoms with E-state index in [1.807, 2.05) is 0 Å². The zero-order chi connectivity index (χ0) is 9.47. The number of rotatable bonds is 1. The third-order valence-corrected chi connectivity index (χ3v) is 2.73. The fourth-order valence-corrected chi connectivity index (χ4v) is 1.72. The first-order chi connectivity index (χ1) is 6.12. The molecule has 0 aliphatic heterocycles. The molecule has 0 spiro atoms. The molecule has 0 atom stereocenters. The van der Waals surface area contributed by atoms with Crippen LogP contribution in [0.2, 0.25) is 0 Å². The van der Waals surface area contributed by atoms with Gasteiger partial charge in [0.2, 0.25) is 0 Å². The maximum absolute atomic E-state index is 13.3. The van der Waals surface area contributed by atoms with Crippen LogP contribution in [-0.4, -0.2) is 5.11 Å². The Labute approximate surface area is 76.2 Å². The van der Waals surface area contributed by atoms with Crippen molar-refractivity contribution in [1.29, 1.82) is 0 Å². The van der Waals surface area contributed by atoms with Crippen LogP contribution in [0.3, 0.4) is 0 Å². The second-order valence-electron chi connectivity index (χ2n) is 3.67. The summed E-state index contributed by atoms with van der Waals surface area (Å²) in [6.45, 7) is 0. The molecule has 0 heterocycles. The molecule has 1 saturated carbocycles. The van der Waals surface area contributed by atoms with Gasteiger partial charge in [-0.05, 0) is 37.5 Å². The number of hydrogen-bond acceptors (Lipinski definition) is 2. The Kier molecular flexibility index (Phi) is 1.77. The number of phenols is 1. The summed E-state index contributed by atoms with van der Waals surface area (Å²) in [5.74, 6) is -0.242. The summed E-state index contributed by atoms with van der Waals surface area (Å²) in [4.78, 5) is 0. The van der Waals surface area contributed by atoms with E-state index in [-0.39, 0.29) is 11.6 Å². The van der Waals surface area contributed by atoms with Crippen LogP contribution < -0.4 is 5.73 Å². The van der Waals surface area contributed by atoms with Gasteiger partial charge in [-0.3, -0.25) is 0 Å². The van der Waals surface area contributed by atoms with E-state index < -0.39 is 5.54 Å². The second-order valence-corrected chi connectivity index (χ2v) is 3.67. The molecule has 3 heteroatoms. The van der Waals surface area contributed by atoms with Gasteiger partial charge in [-0.2, -0.15) is 0 Å². The van der Waals surface area contributed by atoms with Gasteiger partial charge in [0.1, 0.15) is 11.6 Å². The van der Waals surface area contributed by atoms with E-state index in [9.17, 15) is 9.50 Å². The van der Waals surface area contributed by atoms with Crippen LogP contribution in [0.25, 0.3) is 0 Å². The van der Waals surface area contributed by atoms with Gasteiger partial charge >= 0.3 is 0 Å². The summed E-state index contributed by atoms with van der Waals surface area (Å²) in [6, 6.07) is 4.02. The van der Waals surface area contributed by atoms with Gasteiger partial charge in [0.05, 0.1) is 0 Å². The third-order valence-electron chi connectivity index (χ3n) is 2.73. The molecule has 2 rings (SSSR count). The normalized spacial score (nSPS) is 19.5. The summed E-state index contributed by atoms with van der Waals surface area (Å²) in [5.41, 5.74) is 5.85. The average molecular weight is 181 g/mol. The molecule has 0 unspecified atom stereocenters. The molecule has 0 saturated heterocycles. The predicted octanol–water partition coefficient (Wildman–Crippen LogP) is 1.87. The average Bonchev–Trinajstić information content (AvgIpc) is 2.05. The topological polar surface area (TPSA) is 46.2 Å². The van der Waals surface area contributed by atoms with Gasteiger partial charge in [0.15, 0.2) is 0 Å². The zero-order valence-electron chi connectivity index (χ0n) is 7.26. The van der Waals surface area contributed by atoms with Gasteiger partial charge in [-0.1, -0.05) is 0 Å². The van der Waals surface area contributed by atoms with Crippen molar-refractivity contribution in [3.63, 3.8) is 0 Å². The molecular formula is C10H12FNO. The highest BCUT2D eigenvalue weighted by Crippen LogP contribution is 2.40. The van der Waals surface area contributed by atoms with Crippen molar-refractivity contribution in [3.05, 3.63) is 29.6 Å². The summed E-state index contributed by atoms with van der Waals surface area (Å²) in [5, 5.41) is 9.20. The monoisotopic (exact) mass is 181 g/mol. The minimum Gasteiger partial charge on any atom is -0.508 e. The molecule has 0 bridgehead atoms. The standard InChI is InChI=1S/C10H12FNO/c11-9-3-2-7(13)6-8(9)10(12)4-1-5-10/h2-3,6,13H,1,4-5,12H2. The number of hydrogen-bond donors (Lipinski definition) is 2. The number of nitrogens with two attached hydrogens (primary N) is 1. The summed E-state index contributed by atoms with van der Waals surface area (Å²) in [7, 11) is 0. The Bertz CT molecular complexity index is 334. The van der Waals surface area contributed by atoms with E-state index in [4.69, 9.17) is 5.73 Å². The molecule has 1 aromatic carbocycles. The Morgan fingerprint density at radius 3 is 2.62 bits per heavy atom. The highest BCUT2D eigenvalue weighted by atomic mass is 19.1. The molecule has 0 radical (unpaired) electrons.